The molecule has 1 unspecified atom stereocenters. The van der Waals surface area contributed by atoms with Crippen LogP contribution in [0.2, 0.25) is 0 Å². The molecule has 0 spiro atoms. The second kappa shape index (κ2) is 5.32. The van der Waals surface area contributed by atoms with Crippen molar-refractivity contribution in [1.29, 1.82) is 0 Å². The van der Waals surface area contributed by atoms with Gasteiger partial charge in [-0.1, -0.05) is 12.1 Å². The van der Waals surface area contributed by atoms with Crippen molar-refractivity contribution in [2.45, 2.75) is 13.0 Å². The summed E-state index contributed by atoms with van der Waals surface area (Å²) >= 11 is 6.82. The Hall–Kier alpha value is -0.660. The first-order chi connectivity index (χ1) is 8.15. The zero-order valence-electron chi connectivity index (χ0n) is 9.44. The molecule has 0 fully saturated rings. The number of nitrogens with zero attached hydrogens (tertiary/aromatic N) is 3. The topological polar surface area (TPSA) is 55.9 Å². The first kappa shape index (κ1) is 12.8. The molecule has 0 saturated heterocycles. The van der Waals surface area contributed by atoms with Crippen LogP contribution in [-0.4, -0.2) is 21.5 Å². The predicted molar refractivity (Wildman–Crippen MR) is 70.6 cm³/mol. The molecule has 17 heavy (non-hydrogen) atoms. The van der Waals surface area contributed by atoms with Crippen molar-refractivity contribution in [3.05, 3.63) is 32.9 Å². The first-order valence-electron chi connectivity index (χ1n) is 5.16. The molecular weight excluding hydrogens is 352 g/mol. The molecule has 2 heterocycles. The van der Waals surface area contributed by atoms with Crippen LogP contribution >= 0.6 is 31.9 Å². The van der Waals surface area contributed by atoms with Gasteiger partial charge in [-0.05, 0) is 44.5 Å². The van der Waals surface area contributed by atoms with Crippen LogP contribution < -0.4 is 5.32 Å². The molecule has 0 aliphatic heterocycles. The molecule has 5 nitrogen and oxygen atoms in total. The molecule has 7 heteroatoms. The first-order valence-corrected chi connectivity index (χ1v) is 6.75. The van der Waals surface area contributed by atoms with E-state index in [0.717, 1.165) is 27.1 Å². The minimum atomic E-state index is -0.0116. The lowest BCUT2D eigenvalue weighted by Crippen LogP contribution is -2.24. The number of aryl methyl sites for hydroxylation is 1. The molecule has 2 rings (SSSR count). The van der Waals surface area contributed by atoms with Gasteiger partial charge in [0.2, 0.25) is 0 Å². The van der Waals surface area contributed by atoms with Crippen LogP contribution in [0.15, 0.2) is 26.0 Å². The number of halogens is 2. The van der Waals surface area contributed by atoms with Gasteiger partial charge in [0.1, 0.15) is 0 Å². The van der Waals surface area contributed by atoms with Crippen molar-refractivity contribution >= 4 is 31.9 Å². The maximum Gasteiger partial charge on any atom is 0.174 e. The summed E-state index contributed by atoms with van der Waals surface area (Å²) in [7, 11) is 1.87. The Morgan fingerprint density at radius 2 is 2.29 bits per heavy atom. The van der Waals surface area contributed by atoms with E-state index in [1.807, 2.05) is 13.1 Å². The molecule has 2 aromatic heterocycles. The van der Waals surface area contributed by atoms with Crippen LogP contribution in [0.3, 0.4) is 0 Å². The highest BCUT2D eigenvalue weighted by atomic mass is 79.9. The fourth-order valence-electron chi connectivity index (χ4n) is 1.71. The zero-order chi connectivity index (χ0) is 12.4. The third-order valence-corrected chi connectivity index (χ3v) is 3.68. The number of hydrogen-bond donors (Lipinski definition) is 1. The highest BCUT2D eigenvalue weighted by Gasteiger charge is 2.24. The molecule has 0 aliphatic rings. The lowest BCUT2D eigenvalue weighted by molar-refractivity contribution is 0.517. The van der Waals surface area contributed by atoms with Crippen molar-refractivity contribution in [1.82, 2.24) is 20.3 Å². The van der Waals surface area contributed by atoms with Crippen molar-refractivity contribution in [2.24, 2.45) is 7.05 Å². The van der Waals surface area contributed by atoms with Crippen molar-refractivity contribution in [2.75, 3.05) is 6.54 Å². The van der Waals surface area contributed by atoms with Gasteiger partial charge in [0.25, 0.3) is 0 Å². The molecule has 0 aromatic carbocycles. The summed E-state index contributed by atoms with van der Waals surface area (Å²) in [5.41, 5.74) is 1.99. The monoisotopic (exact) mass is 362 g/mol. The van der Waals surface area contributed by atoms with E-state index in [1.54, 1.807) is 10.9 Å². The third-order valence-electron chi connectivity index (χ3n) is 2.47. The Kier molecular flexibility index (Phi) is 4.01. The van der Waals surface area contributed by atoms with Crippen molar-refractivity contribution < 1.29 is 4.42 Å². The second-order valence-corrected chi connectivity index (χ2v) is 5.00. The van der Waals surface area contributed by atoms with E-state index in [4.69, 9.17) is 4.42 Å². The van der Waals surface area contributed by atoms with Gasteiger partial charge in [0, 0.05) is 12.6 Å². The van der Waals surface area contributed by atoms with Crippen LogP contribution in [0.5, 0.6) is 0 Å². The molecule has 0 bridgehead atoms. The van der Waals surface area contributed by atoms with Gasteiger partial charge < -0.3 is 9.73 Å². The molecule has 0 aliphatic carbocycles. The van der Waals surface area contributed by atoms with Crippen molar-refractivity contribution in [3.8, 4) is 0 Å². The van der Waals surface area contributed by atoms with E-state index in [-0.39, 0.29) is 6.04 Å². The average Bonchev–Trinajstić information content (AvgIpc) is 2.84. The lowest BCUT2D eigenvalue weighted by atomic mass is 10.1. The SMILES string of the molecule is CCNC(c1ccoc1Br)c1c(Br)nnn1C. The molecule has 92 valence electrons. The van der Waals surface area contributed by atoms with E-state index in [1.165, 1.54) is 0 Å². The van der Waals surface area contributed by atoms with Crippen LogP contribution in [0, 0.1) is 0 Å². The molecule has 0 radical (unpaired) electrons. The second-order valence-electron chi connectivity index (χ2n) is 3.53. The van der Waals surface area contributed by atoms with E-state index >= 15 is 0 Å². The number of nitrogens with one attached hydrogen (secondary N) is 1. The molecule has 1 atom stereocenters. The third kappa shape index (κ3) is 2.46. The van der Waals surface area contributed by atoms with Gasteiger partial charge in [-0.3, -0.25) is 0 Å². The molecular formula is C10H12Br2N4O. The molecule has 0 saturated carbocycles. The zero-order valence-corrected chi connectivity index (χ0v) is 12.6. The Bertz CT molecular complexity index is 489. The molecule has 0 amide bonds. The maximum atomic E-state index is 5.28. The Morgan fingerprint density at radius 3 is 2.76 bits per heavy atom. The average molecular weight is 364 g/mol. The highest BCUT2D eigenvalue weighted by molar-refractivity contribution is 9.10. The van der Waals surface area contributed by atoms with Gasteiger partial charge in [-0.2, -0.15) is 0 Å². The summed E-state index contributed by atoms with van der Waals surface area (Å²) in [6.45, 7) is 2.89. The van der Waals surface area contributed by atoms with Crippen LogP contribution in [0.1, 0.15) is 24.2 Å². The smallest absolute Gasteiger partial charge is 0.174 e. The Labute approximate surface area is 116 Å². The van der Waals surface area contributed by atoms with E-state index < -0.39 is 0 Å². The summed E-state index contributed by atoms with van der Waals surface area (Å²) in [6.07, 6.45) is 1.65. The van der Waals surface area contributed by atoms with Gasteiger partial charge in [-0.25, -0.2) is 4.68 Å². The van der Waals surface area contributed by atoms with Crippen LogP contribution in [0.4, 0.5) is 0 Å². The summed E-state index contributed by atoms with van der Waals surface area (Å²) in [6, 6.07) is 1.92. The number of rotatable bonds is 4. The minimum absolute atomic E-state index is 0.0116. The minimum Gasteiger partial charge on any atom is -0.457 e. The van der Waals surface area contributed by atoms with E-state index in [9.17, 15) is 0 Å². The summed E-state index contributed by atoms with van der Waals surface area (Å²) in [5.74, 6) is 0. The predicted octanol–water partition coefficient (Wildman–Crippen LogP) is 2.63. The Balaban J connectivity index is 2.46. The summed E-state index contributed by atoms with van der Waals surface area (Å²) in [4.78, 5) is 0. The highest BCUT2D eigenvalue weighted by Crippen LogP contribution is 2.31. The fraction of sp³-hybridized carbons (Fsp3) is 0.400. The number of hydrogen-bond acceptors (Lipinski definition) is 4. The van der Waals surface area contributed by atoms with Crippen molar-refractivity contribution in [3.63, 3.8) is 0 Å². The largest absolute Gasteiger partial charge is 0.457 e. The van der Waals surface area contributed by atoms with Crippen LogP contribution in [0.25, 0.3) is 0 Å². The van der Waals surface area contributed by atoms with E-state index in [0.29, 0.717) is 0 Å². The quantitative estimate of drug-likeness (QED) is 0.907. The lowest BCUT2D eigenvalue weighted by Gasteiger charge is -2.17. The maximum absolute atomic E-state index is 5.28. The molecule has 2 aromatic rings. The number of aromatic nitrogens is 3. The summed E-state index contributed by atoms with van der Waals surface area (Å²) < 4.78 is 8.48. The van der Waals surface area contributed by atoms with Gasteiger partial charge in [0.05, 0.1) is 18.0 Å². The fourth-order valence-corrected chi connectivity index (χ4v) is 2.74. The summed E-state index contributed by atoms with van der Waals surface area (Å²) in [5, 5.41) is 11.4. The molecule has 1 N–H and O–H groups in total. The van der Waals surface area contributed by atoms with Crippen LogP contribution in [-0.2, 0) is 7.05 Å². The standard InChI is InChI=1S/C10H12Br2N4O/c1-3-13-7(6-4-5-17-10(6)12)8-9(11)14-15-16(8)2/h4-5,7,13H,3H2,1-2H3. The van der Waals surface area contributed by atoms with Gasteiger partial charge >= 0.3 is 0 Å². The van der Waals surface area contributed by atoms with Gasteiger partial charge in [0.15, 0.2) is 9.27 Å². The van der Waals surface area contributed by atoms with Gasteiger partial charge in [-0.15, -0.1) is 5.10 Å². The normalized spacial score (nSPS) is 12.9. The number of furan rings is 1. The van der Waals surface area contributed by atoms with E-state index in [2.05, 4.69) is 54.4 Å². The Morgan fingerprint density at radius 1 is 1.53 bits per heavy atom.